The molecule has 0 spiro atoms. The summed E-state index contributed by atoms with van der Waals surface area (Å²) < 4.78 is 4.96. The minimum Gasteiger partial charge on any atom is -0.462 e. The molecule has 1 fully saturated rings. The molecule has 0 bridgehead atoms. The molecule has 10 heteroatoms. The fourth-order valence-corrected chi connectivity index (χ4v) is 4.17. The average Bonchev–Trinajstić information content (AvgIpc) is 3.10. The van der Waals surface area contributed by atoms with E-state index in [0.717, 1.165) is 10.5 Å². The maximum Gasteiger partial charge on any atom is 0.338 e. The summed E-state index contributed by atoms with van der Waals surface area (Å²) in [5.41, 5.74) is 1.90. The molecule has 1 N–H and O–H groups in total. The van der Waals surface area contributed by atoms with Gasteiger partial charge in [0.25, 0.3) is 5.91 Å². The molecule has 190 valence electrons. The maximum absolute atomic E-state index is 13.4. The fourth-order valence-electron chi connectivity index (χ4n) is 3.92. The van der Waals surface area contributed by atoms with Crippen LogP contribution in [0.1, 0.15) is 29.3 Å². The summed E-state index contributed by atoms with van der Waals surface area (Å²) in [6.45, 7) is 2.08. The van der Waals surface area contributed by atoms with E-state index in [9.17, 15) is 19.2 Å². The maximum atomic E-state index is 13.4. The highest BCUT2D eigenvalue weighted by Crippen LogP contribution is 2.29. The molecular weight excluding hydrogens is 517 g/mol. The summed E-state index contributed by atoms with van der Waals surface area (Å²) in [6.07, 6.45) is -0.262. The SMILES string of the molecule is CCOC(=O)c1ccc(NC(=O)CC2C(=O)N(c3ccc(Cl)cc3)C(=O)N2Cc2ccc(Cl)cc2)cc1. The number of esters is 1. The van der Waals surface area contributed by atoms with Gasteiger partial charge in [-0.05, 0) is 73.2 Å². The zero-order chi connectivity index (χ0) is 26.5. The summed E-state index contributed by atoms with van der Waals surface area (Å²) in [6, 6.07) is 17.8. The molecule has 3 aromatic carbocycles. The lowest BCUT2D eigenvalue weighted by molar-refractivity contribution is -0.124. The van der Waals surface area contributed by atoms with Crippen LogP contribution in [0.15, 0.2) is 72.8 Å². The van der Waals surface area contributed by atoms with Crippen molar-refractivity contribution in [3.05, 3.63) is 94.0 Å². The van der Waals surface area contributed by atoms with Crippen molar-refractivity contribution in [1.29, 1.82) is 0 Å². The molecule has 0 aliphatic carbocycles. The molecule has 0 saturated carbocycles. The van der Waals surface area contributed by atoms with E-state index in [1.165, 1.54) is 17.0 Å². The molecule has 0 radical (unpaired) electrons. The fraction of sp³-hybridized carbons (Fsp3) is 0.185. The van der Waals surface area contributed by atoms with Crippen molar-refractivity contribution in [3.8, 4) is 0 Å². The lowest BCUT2D eigenvalue weighted by atomic mass is 10.1. The van der Waals surface area contributed by atoms with Crippen molar-refractivity contribution in [1.82, 2.24) is 4.90 Å². The molecule has 4 rings (SSSR count). The number of nitrogens with one attached hydrogen (secondary N) is 1. The molecule has 1 aliphatic heterocycles. The molecule has 1 heterocycles. The van der Waals surface area contributed by atoms with Crippen LogP contribution in [-0.2, 0) is 20.9 Å². The Morgan fingerprint density at radius 2 is 1.49 bits per heavy atom. The number of hydrogen-bond donors (Lipinski definition) is 1. The first-order valence-electron chi connectivity index (χ1n) is 11.5. The van der Waals surface area contributed by atoms with Gasteiger partial charge in [-0.25, -0.2) is 14.5 Å². The largest absolute Gasteiger partial charge is 0.462 e. The number of anilines is 2. The Kier molecular flexibility index (Phi) is 8.11. The zero-order valence-corrected chi connectivity index (χ0v) is 21.3. The van der Waals surface area contributed by atoms with Crippen LogP contribution < -0.4 is 10.2 Å². The third-order valence-corrected chi connectivity index (χ3v) is 6.23. The predicted molar refractivity (Wildman–Crippen MR) is 141 cm³/mol. The Morgan fingerprint density at radius 3 is 2.08 bits per heavy atom. The van der Waals surface area contributed by atoms with E-state index in [4.69, 9.17) is 27.9 Å². The Balaban J connectivity index is 1.54. The van der Waals surface area contributed by atoms with Crippen LogP contribution in [-0.4, -0.2) is 41.4 Å². The number of carbonyl (C=O) groups is 4. The Bertz CT molecular complexity index is 1310. The summed E-state index contributed by atoms with van der Waals surface area (Å²) in [4.78, 5) is 54.0. The third kappa shape index (κ3) is 6.10. The van der Waals surface area contributed by atoms with Gasteiger partial charge >= 0.3 is 12.0 Å². The summed E-state index contributed by atoms with van der Waals surface area (Å²) in [5.74, 6) is -1.45. The minimum absolute atomic E-state index is 0.109. The summed E-state index contributed by atoms with van der Waals surface area (Å²) >= 11 is 12.0. The Morgan fingerprint density at radius 1 is 0.892 bits per heavy atom. The second-order valence-corrected chi connectivity index (χ2v) is 9.13. The molecule has 0 aromatic heterocycles. The molecule has 1 saturated heterocycles. The number of urea groups is 1. The van der Waals surface area contributed by atoms with E-state index in [2.05, 4.69) is 5.32 Å². The van der Waals surface area contributed by atoms with E-state index in [0.29, 0.717) is 27.0 Å². The van der Waals surface area contributed by atoms with Gasteiger partial charge in [-0.15, -0.1) is 0 Å². The van der Waals surface area contributed by atoms with E-state index in [1.807, 2.05) is 0 Å². The lowest BCUT2D eigenvalue weighted by Crippen LogP contribution is -2.37. The number of rotatable bonds is 8. The van der Waals surface area contributed by atoms with E-state index in [1.54, 1.807) is 67.6 Å². The predicted octanol–water partition coefficient (Wildman–Crippen LogP) is 5.54. The number of carbonyl (C=O) groups excluding carboxylic acids is 4. The van der Waals surface area contributed by atoms with Gasteiger partial charge in [0, 0.05) is 22.3 Å². The quantitative estimate of drug-likeness (QED) is 0.299. The lowest BCUT2D eigenvalue weighted by Gasteiger charge is -2.21. The smallest absolute Gasteiger partial charge is 0.338 e. The van der Waals surface area contributed by atoms with E-state index >= 15 is 0 Å². The Hall–Kier alpha value is -3.88. The van der Waals surface area contributed by atoms with E-state index in [-0.39, 0.29) is 19.6 Å². The minimum atomic E-state index is -1.03. The van der Waals surface area contributed by atoms with Crippen LogP contribution >= 0.6 is 23.2 Å². The second kappa shape index (κ2) is 11.5. The average molecular weight is 540 g/mol. The van der Waals surface area contributed by atoms with Gasteiger partial charge in [-0.2, -0.15) is 0 Å². The van der Waals surface area contributed by atoms with Crippen molar-refractivity contribution in [2.75, 3.05) is 16.8 Å². The van der Waals surface area contributed by atoms with Gasteiger partial charge in [0.05, 0.1) is 24.3 Å². The highest BCUT2D eigenvalue weighted by atomic mass is 35.5. The molecule has 1 atom stereocenters. The van der Waals surface area contributed by atoms with Crippen molar-refractivity contribution in [2.45, 2.75) is 25.9 Å². The van der Waals surface area contributed by atoms with E-state index < -0.39 is 29.9 Å². The van der Waals surface area contributed by atoms with Crippen molar-refractivity contribution < 1.29 is 23.9 Å². The van der Waals surface area contributed by atoms with Crippen LogP contribution in [0.2, 0.25) is 10.0 Å². The van der Waals surface area contributed by atoms with Crippen molar-refractivity contribution >= 4 is 58.4 Å². The molecular formula is C27H23Cl2N3O5. The number of hydrogen-bond acceptors (Lipinski definition) is 5. The molecule has 3 aromatic rings. The molecule has 1 unspecified atom stereocenters. The van der Waals surface area contributed by atoms with Crippen LogP contribution in [0.25, 0.3) is 0 Å². The molecule has 1 aliphatic rings. The van der Waals surface area contributed by atoms with Gasteiger partial charge < -0.3 is 15.0 Å². The number of amides is 4. The third-order valence-electron chi connectivity index (χ3n) is 5.73. The molecule has 8 nitrogen and oxygen atoms in total. The van der Waals surface area contributed by atoms with Crippen LogP contribution in [0.4, 0.5) is 16.2 Å². The zero-order valence-electron chi connectivity index (χ0n) is 19.8. The number of nitrogens with zero attached hydrogens (tertiary/aromatic N) is 2. The summed E-state index contributed by atoms with van der Waals surface area (Å²) in [5, 5.41) is 3.73. The Labute approximate surface area is 223 Å². The van der Waals surface area contributed by atoms with Gasteiger partial charge in [0.2, 0.25) is 5.91 Å². The van der Waals surface area contributed by atoms with Crippen molar-refractivity contribution in [2.24, 2.45) is 0 Å². The molecule has 37 heavy (non-hydrogen) atoms. The number of benzene rings is 3. The monoisotopic (exact) mass is 539 g/mol. The number of halogens is 2. The topological polar surface area (TPSA) is 96.0 Å². The first kappa shape index (κ1) is 26.2. The highest BCUT2D eigenvalue weighted by Gasteiger charge is 2.46. The highest BCUT2D eigenvalue weighted by molar-refractivity contribution is 6.31. The first-order chi connectivity index (χ1) is 17.8. The standard InChI is InChI=1S/C27H23Cl2N3O5/c1-2-37-26(35)18-5-11-21(12-6-18)30-24(33)15-23-25(34)32(22-13-9-20(29)10-14-22)27(36)31(23)16-17-3-7-19(28)8-4-17/h3-14,23H,2,15-16H2,1H3,(H,30,33). The number of ether oxygens (including phenoxy) is 1. The van der Waals surface area contributed by atoms with Crippen LogP contribution in [0.3, 0.4) is 0 Å². The first-order valence-corrected chi connectivity index (χ1v) is 12.2. The number of imide groups is 1. The van der Waals surface area contributed by atoms with Crippen LogP contribution in [0, 0.1) is 0 Å². The van der Waals surface area contributed by atoms with Gasteiger partial charge in [0.1, 0.15) is 6.04 Å². The van der Waals surface area contributed by atoms with Crippen molar-refractivity contribution in [3.63, 3.8) is 0 Å². The van der Waals surface area contributed by atoms with Crippen LogP contribution in [0.5, 0.6) is 0 Å². The normalized spacial score (nSPS) is 15.2. The molecule has 4 amide bonds. The summed E-state index contributed by atoms with van der Waals surface area (Å²) in [7, 11) is 0. The van der Waals surface area contributed by atoms with Gasteiger partial charge in [-0.3, -0.25) is 9.59 Å². The van der Waals surface area contributed by atoms with Gasteiger partial charge in [0.15, 0.2) is 0 Å². The second-order valence-electron chi connectivity index (χ2n) is 8.25. The van der Waals surface area contributed by atoms with Gasteiger partial charge in [-0.1, -0.05) is 35.3 Å².